The number of piperidine rings is 1. The Kier molecular flexibility index (Phi) is 3.69. The van der Waals surface area contributed by atoms with E-state index < -0.39 is 5.76 Å². The van der Waals surface area contributed by atoms with E-state index in [1.54, 1.807) is 0 Å². The molecule has 4 rings (SSSR count). The van der Waals surface area contributed by atoms with Crippen molar-refractivity contribution in [3.8, 4) is 0 Å². The van der Waals surface area contributed by atoms with Gasteiger partial charge in [0.1, 0.15) is 5.82 Å². The topological polar surface area (TPSA) is 87.9 Å². The standard InChI is InChI=1S/C14H19N5O2S/c20-14-17-16-12(21-14)10-5-7-19(8-6-10)13-15-11(18-22-13)9-3-1-2-4-9/h9-10H,1-8H2,(H,17,20). The fourth-order valence-electron chi connectivity index (χ4n) is 3.44. The normalized spacial score (nSPS) is 20.8. The first kappa shape index (κ1) is 13.9. The van der Waals surface area contributed by atoms with Crippen LogP contribution in [0.4, 0.5) is 5.13 Å². The second-order valence-electron chi connectivity index (χ2n) is 6.13. The monoisotopic (exact) mass is 321 g/mol. The minimum absolute atomic E-state index is 0.220. The third-order valence-electron chi connectivity index (χ3n) is 4.72. The molecule has 1 N–H and O–H groups in total. The predicted octanol–water partition coefficient (Wildman–Crippen LogP) is 2.26. The molecule has 8 heteroatoms. The second-order valence-corrected chi connectivity index (χ2v) is 6.86. The summed E-state index contributed by atoms with van der Waals surface area (Å²) >= 11 is 1.51. The van der Waals surface area contributed by atoms with Crippen LogP contribution in [0.15, 0.2) is 9.21 Å². The van der Waals surface area contributed by atoms with E-state index in [1.807, 2.05) is 0 Å². The zero-order chi connectivity index (χ0) is 14.9. The molecule has 0 radical (unpaired) electrons. The van der Waals surface area contributed by atoms with E-state index >= 15 is 0 Å². The lowest BCUT2D eigenvalue weighted by molar-refractivity contribution is 0.379. The quantitative estimate of drug-likeness (QED) is 0.933. The number of aromatic amines is 1. The summed E-state index contributed by atoms with van der Waals surface area (Å²) in [5, 5.41) is 7.31. The van der Waals surface area contributed by atoms with Gasteiger partial charge in [0.05, 0.1) is 0 Å². The van der Waals surface area contributed by atoms with Crippen molar-refractivity contribution in [2.75, 3.05) is 18.0 Å². The number of hydrogen-bond donors (Lipinski definition) is 1. The van der Waals surface area contributed by atoms with Crippen molar-refractivity contribution in [2.45, 2.75) is 50.4 Å². The molecule has 1 saturated carbocycles. The number of anilines is 1. The first-order valence-electron chi connectivity index (χ1n) is 7.93. The van der Waals surface area contributed by atoms with Crippen LogP contribution in [0.2, 0.25) is 0 Å². The number of H-pyrrole nitrogens is 1. The largest absolute Gasteiger partial charge is 0.434 e. The van der Waals surface area contributed by atoms with E-state index in [0.29, 0.717) is 11.8 Å². The summed E-state index contributed by atoms with van der Waals surface area (Å²) < 4.78 is 9.64. The van der Waals surface area contributed by atoms with Gasteiger partial charge in [0, 0.05) is 36.5 Å². The Morgan fingerprint density at radius 2 is 1.91 bits per heavy atom. The molecule has 0 atom stereocenters. The lowest BCUT2D eigenvalue weighted by atomic mass is 9.97. The molecule has 1 aliphatic carbocycles. The van der Waals surface area contributed by atoms with Crippen LogP contribution >= 0.6 is 11.5 Å². The van der Waals surface area contributed by atoms with Crippen LogP contribution in [-0.2, 0) is 0 Å². The molecule has 2 fully saturated rings. The molecule has 2 aromatic heterocycles. The number of aromatic nitrogens is 4. The summed E-state index contributed by atoms with van der Waals surface area (Å²) in [5.74, 6) is 1.90. The number of hydrogen-bond acceptors (Lipinski definition) is 7. The average Bonchev–Trinajstić information content (AvgIpc) is 3.28. The SMILES string of the molecule is O=c1[nH]nc(C2CCN(c3nc(C4CCCC4)ns3)CC2)o1. The van der Waals surface area contributed by atoms with Gasteiger partial charge in [-0.25, -0.2) is 14.9 Å². The molecule has 2 aliphatic rings. The molecule has 1 saturated heterocycles. The number of nitrogens with one attached hydrogen (secondary N) is 1. The van der Waals surface area contributed by atoms with Crippen LogP contribution in [0.1, 0.15) is 62.1 Å². The molecule has 1 aliphatic heterocycles. The minimum atomic E-state index is -0.470. The van der Waals surface area contributed by atoms with Gasteiger partial charge in [0.15, 0.2) is 0 Å². The first-order chi connectivity index (χ1) is 10.8. The Morgan fingerprint density at radius 3 is 2.59 bits per heavy atom. The Labute approximate surface area is 131 Å². The van der Waals surface area contributed by atoms with Crippen molar-refractivity contribution < 1.29 is 4.42 Å². The minimum Gasteiger partial charge on any atom is -0.392 e. The van der Waals surface area contributed by atoms with Crippen molar-refractivity contribution in [2.24, 2.45) is 0 Å². The Balaban J connectivity index is 1.40. The molecular weight excluding hydrogens is 302 g/mol. The molecule has 7 nitrogen and oxygen atoms in total. The molecule has 0 unspecified atom stereocenters. The van der Waals surface area contributed by atoms with Gasteiger partial charge in [0.25, 0.3) is 0 Å². The van der Waals surface area contributed by atoms with Crippen molar-refractivity contribution in [3.63, 3.8) is 0 Å². The van der Waals surface area contributed by atoms with Gasteiger partial charge in [0.2, 0.25) is 11.0 Å². The van der Waals surface area contributed by atoms with E-state index in [2.05, 4.69) is 19.5 Å². The molecule has 0 spiro atoms. The molecule has 0 amide bonds. The smallest absolute Gasteiger partial charge is 0.392 e. The summed E-state index contributed by atoms with van der Waals surface area (Å²) in [6.45, 7) is 1.81. The highest BCUT2D eigenvalue weighted by molar-refractivity contribution is 7.09. The number of nitrogens with zero attached hydrogens (tertiary/aromatic N) is 4. The van der Waals surface area contributed by atoms with Crippen LogP contribution in [-0.4, -0.2) is 32.6 Å². The summed E-state index contributed by atoms with van der Waals surface area (Å²) in [4.78, 5) is 18.1. The molecule has 2 aromatic rings. The zero-order valence-electron chi connectivity index (χ0n) is 12.3. The average molecular weight is 321 g/mol. The van der Waals surface area contributed by atoms with Crippen LogP contribution in [0, 0.1) is 0 Å². The molecule has 0 bridgehead atoms. The van der Waals surface area contributed by atoms with Crippen LogP contribution < -0.4 is 10.7 Å². The third kappa shape index (κ3) is 2.67. The Morgan fingerprint density at radius 1 is 1.14 bits per heavy atom. The first-order valence-corrected chi connectivity index (χ1v) is 8.71. The Bertz CT molecular complexity index is 679. The molecule has 22 heavy (non-hydrogen) atoms. The van der Waals surface area contributed by atoms with Gasteiger partial charge >= 0.3 is 5.76 Å². The fraction of sp³-hybridized carbons (Fsp3) is 0.714. The maximum Gasteiger partial charge on any atom is 0.434 e. The van der Waals surface area contributed by atoms with Gasteiger partial charge < -0.3 is 9.32 Å². The van der Waals surface area contributed by atoms with Gasteiger partial charge in [-0.1, -0.05) is 12.8 Å². The fourth-order valence-corrected chi connectivity index (χ4v) is 4.24. The highest BCUT2D eigenvalue weighted by atomic mass is 32.1. The third-order valence-corrected chi connectivity index (χ3v) is 5.51. The van der Waals surface area contributed by atoms with E-state index in [9.17, 15) is 4.79 Å². The lowest BCUT2D eigenvalue weighted by Gasteiger charge is -2.29. The lowest BCUT2D eigenvalue weighted by Crippen LogP contribution is -2.33. The number of rotatable bonds is 3. The van der Waals surface area contributed by atoms with Crippen molar-refractivity contribution >= 4 is 16.7 Å². The maximum atomic E-state index is 11.0. The van der Waals surface area contributed by atoms with Gasteiger partial charge in [-0.2, -0.15) is 4.37 Å². The van der Waals surface area contributed by atoms with E-state index in [1.165, 1.54) is 37.2 Å². The van der Waals surface area contributed by atoms with E-state index in [4.69, 9.17) is 9.40 Å². The predicted molar refractivity (Wildman–Crippen MR) is 82.4 cm³/mol. The maximum absolute atomic E-state index is 11.0. The van der Waals surface area contributed by atoms with Crippen LogP contribution in [0.3, 0.4) is 0 Å². The van der Waals surface area contributed by atoms with E-state index in [-0.39, 0.29) is 5.92 Å². The van der Waals surface area contributed by atoms with Crippen LogP contribution in [0.5, 0.6) is 0 Å². The molecule has 118 valence electrons. The van der Waals surface area contributed by atoms with Gasteiger partial charge in [-0.05, 0) is 25.7 Å². The second kappa shape index (κ2) is 5.83. The van der Waals surface area contributed by atoms with Crippen LogP contribution in [0.25, 0.3) is 0 Å². The van der Waals surface area contributed by atoms with Crippen molar-refractivity contribution in [3.05, 3.63) is 22.3 Å². The zero-order valence-corrected chi connectivity index (χ0v) is 13.1. The summed E-state index contributed by atoms with van der Waals surface area (Å²) in [5.41, 5.74) is 0. The van der Waals surface area contributed by atoms with Crippen molar-refractivity contribution in [1.82, 2.24) is 19.6 Å². The molecule has 0 aromatic carbocycles. The summed E-state index contributed by atoms with van der Waals surface area (Å²) in [6.07, 6.45) is 6.92. The van der Waals surface area contributed by atoms with Gasteiger partial charge in [-0.15, -0.1) is 5.10 Å². The summed E-state index contributed by atoms with van der Waals surface area (Å²) in [7, 11) is 0. The Hall–Kier alpha value is -1.70. The molecule has 3 heterocycles. The van der Waals surface area contributed by atoms with E-state index in [0.717, 1.165) is 36.9 Å². The summed E-state index contributed by atoms with van der Waals surface area (Å²) in [6, 6.07) is 0. The van der Waals surface area contributed by atoms with Crippen molar-refractivity contribution in [1.29, 1.82) is 0 Å². The van der Waals surface area contributed by atoms with Gasteiger partial charge in [-0.3, -0.25) is 0 Å². The molecular formula is C14H19N5O2S. The highest BCUT2D eigenvalue weighted by Gasteiger charge is 2.27. The highest BCUT2D eigenvalue weighted by Crippen LogP contribution is 2.35.